The van der Waals surface area contributed by atoms with E-state index in [1.54, 1.807) is 23.1 Å². The van der Waals surface area contributed by atoms with E-state index in [1.165, 1.54) is 6.07 Å². The molecule has 5 N–H and O–H groups in total. The van der Waals surface area contributed by atoms with Gasteiger partial charge in [0.15, 0.2) is 0 Å². The molecule has 1 saturated heterocycles. The van der Waals surface area contributed by atoms with Crippen LogP contribution in [-0.2, 0) is 32.3 Å². The maximum Gasteiger partial charge on any atom is 0.255 e. The summed E-state index contributed by atoms with van der Waals surface area (Å²) in [5.74, 6) is -2.16. The zero-order valence-corrected chi connectivity index (χ0v) is 22.0. The lowest BCUT2D eigenvalue weighted by Gasteiger charge is -2.22. The lowest BCUT2D eigenvalue weighted by Crippen LogP contribution is -2.53. The Balaban J connectivity index is 1.48. The highest BCUT2D eigenvalue weighted by Gasteiger charge is 2.28. The number of likely N-dealkylation sites (tertiary alicyclic amines) is 1. The van der Waals surface area contributed by atoms with E-state index in [1.807, 2.05) is 24.3 Å². The normalized spacial score (nSPS) is 20.4. The molecule has 1 fully saturated rings. The van der Waals surface area contributed by atoms with Crippen LogP contribution in [0.1, 0.15) is 40.7 Å². The van der Waals surface area contributed by atoms with Gasteiger partial charge in [0.05, 0.1) is 25.1 Å². The number of nitrogens with one attached hydrogen (secondary N) is 4. The molecule has 2 aromatic rings. The molecule has 2 aliphatic rings. The third kappa shape index (κ3) is 7.56. The lowest BCUT2D eigenvalue weighted by molar-refractivity contribution is -0.131. The monoisotopic (exact) mass is 551 g/mol. The first kappa shape index (κ1) is 28.6. The predicted molar refractivity (Wildman–Crippen MR) is 143 cm³/mol. The zero-order valence-electron chi connectivity index (χ0n) is 22.0. The highest BCUT2D eigenvalue weighted by Crippen LogP contribution is 2.19. The van der Waals surface area contributed by atoms with Gasteiger partial charge in [-0.3, -0.25) is 24.0 Å². The van der Waals surface area contributed by atoms with E-state index in [2.05, 4.69) is 21.3 Å². The first-order chi connectivity index (χ1) is 19.3. The second-order valence-corrected chi connectivity index (χ2v) is 9.63. The van der Waals surface area contributed by atoms with Gasteiger partial charge >= 0.3 is 0 Å². The standard InChI is InChI=1S/C28H33N5O7/c34-17-22-28(39)29-10-12-40-23-8-2-1-7-20(23)26(37)32-21(14-24(35)31-22)27(38)30-15-18-5-3-6-19(13-18)16-33-11-4-9-25(33)36/h1-3,5-8,13,21-22,34H,4,9-12,14-17H2,(H,29,39)(H,30,38)(H,31,35)(H,32,37)/t21-,22-/m0/s1. The van der Waals surface area contributed by atoms with Crippen LogP contribution in [0.4, 0.5) is 0 Å². The van der Waals surface area contributed by atoms with Crippen molar-refractivity contribution in [1.82, 2.24) is 26.2 Å². The summed E-state index contributed by atoms with van der Waals surface area (Å²) >= 11 is 0. The van der Waals surface area contributed by atoms with Crippen molar-refractivity contribution in [3.8, 4) is 5.75 Å². The van der Waals surface area contributed by atoms with Crippen LogP contribution in [0.25, 0.3) is 0 Å². The smallest absolute Gasteiger partial charge is 0.255 e. The minimum Gasteiger partial charge on any atom is -0.491 e. The zero-order chi connectivity index (χ0) is 28.5. The van der Waals surface area contributed by atoms with E-state index >= 15 is 0 Å². The number of amides is 5. The molecule has 4 rings (SSSR count). The van der Waals surface area contributed by atoms with Gasteiger partial charge in [-0.2, -0.15) is 0 Å². The molecule has 5 amide bonds. The molecule has 0 aliphatic carbocycles. The number of fused-ring (bicyclic) bond motifs is 1. The number of rotatable bonds is 6. The van der Waals surface area contributed by atoms with E-state index in [9.17, 15) is 29.1 Å². The minimum absolute atomic E-state index is 0.0387. The van der Waals surface area contributed by atoms with Gasteiger partial charge in [0.25, 0.3) is 5.91 Å². The molecule has 0 saturated carbocycles. The summed E-state index contributed by atoms with van der Waals surface area (Å²) in [7, 11) is 0. The number of ether oxygens (including phenoxy) is 1. The Bertz CT molecular complexity index is 1270. The van der Waals surface area contributed by atoms with E-state index in [0.717, 1.165) is 24.1 Å². The summed E-state index contributed by atoms with van der Waals surface area (Å²) in [5.41, 5.74) is 1.88. The van der Waals surface area contributed by atoms with Gasteiger partial charge in [-0.1, -0.05) is 36.4 Å². The van der Waals surface area contributed by atoms with E-state index in [-0.39, 0.29) is 36.9 Å². The summed E-state index contributed by atoms with van der Waals surface area (Å²) in [6.07, 6.45) is 0.924. The van der Waals surface area contributed by atoms with Crippen LogP contribution in [-0.4, -0.2) is 77.9 Å². The maximum atomic E-state index is 13.2. The van der Waals surface area contributed by atoms with Gasteiger partial charge in [0, 0.05) is 26.1 Å². The van der Waals surface area contributed by atoms with Gasteiger partial charge in [-0.15, -0.1) is 0 Å². The fraction of sp³-hybridized carbons (Fsp3) is 0.393. The molecule has 2 heterocycles. The molecule has 2 aliphatic heterocycles. The molecule has 0 radical (unpaired) electrons. The van der Waals surface area contributed by atoms with Crippen molar-refractivity contribution in [3.63, 3.8) is 0 Å². The van der Waals surface area contributed by atoms with E-state index in [0.29, 0.717) is 13.0 Å². The van der Waals surface area contributed by atoms with E-state index in [4.69, 9.17) is 4.74 Å². The highest BCUT2D eigenvalue weighted by atomic mass is 16.5. The Morgan fingerprint density at radius 1 is 1.05 bits per heavy atom. The second-order valence-electron chi connectivity index (χ2n) is 9.63. The van der Waals surface area contributed by atoms with Crippen LogP contribution in [0.15, 0.2) is 48.5 Å². The van der Waals surface area contributed by atoms with Crippen LogP contribution in [0, 0.1) is 0 Å². The van der Waals surface area contributed by atoms with Crippen molar-refractivity contribution in [3.05, 3.63) is 65.2 Å². The summed E-state index contributed by atoms with van der Waals surface area (Å²) < 4.78 is 5.66. The number of hydrogen-bond acceptors (Lipinski definition) is 7. The summed E-state index contributed by atoms with van der Waals surface area (Å²) in [6.45, 7) is 0.801. The van der Waals surface area contributed by atoms with Crippen LogP contribution in [0.5, 0.6) is 5.75 Å². The van der Waals surface area contributed by atoms with Gasteiger partial charge in [-0.05, 0) is 29.7 Å². The molecule has 40 heavy (non-hydrogen) atoms. The summed E-state index contributed by atoms with van der Waals surface area (Å²) in [4.78, 5) is 65.3. The number of hydrogen-bond donors (Lipinski definition) is 5. The molecule has 0 spiro atoms. The molecular formula is C28H33N5O7. The van der Waals surface area contributed by atoms with Crippen molar-refractivity contribution >= 4 is 29.5 Å². The molecule has 0 unspecified atom stereocenters. The Hall–Kier alpha value is -4.45. The molecule has 12 nitrogen and oxygen atoms in total. The van der Waals surface area contributed by atoms with Crippen molar-refractivity contribution in [1.29, 1.82) is 0 Å². The largest absolute Gasteiger partial charge is 0.491 e. The molecule has 2 aromatic carbocycles. The van der Waals surface area contributed by atoms with Crippen LogP contribution in [0.2, 0.25) is 0 Å². The SMILES string of the molecule is O=C1C[C@@H](C(=O)NCc2cccc(CN3CCCC3=O)c2)NC(=O)c2ccccc2OCCNC(=O)[C@H](CO)N1. The molecule has 0 bridgehead atoms. The van der Waals surface area contributed by atoms with Gasteiger partial charge in [0.1, 0.15) is 24.4 Å². The summed E-state index contributed by atoms with van der Waals surface area (Å²) in [5, 5.41) is 19.9. The molecule has 2 atom stereocenters. The fourth-order valence-electron chi connectivity index (χ4n) is 4.56. The number of aliphatic hydroxyl groups excluding tert-OH is 1. The fourth-order valence-corrected chi connectivity index (χ4v) is 4.56. The molecule has 212 valence electrons. The van der Waals surface area contributed by atoms with Crippen LogP contribution >= 0.6 is 0 Å². The number of carbonyl (C=O) groups is 5. The highest BCUT2D eigenvalue weighted by molar-refractivity contribution is 6.01. The number of aliphatic hydroxyl groups is 1. The summed E-state index contributed by atoms with van der Waals surface area (Å²) in [6, 6.07) is 11.4. The van der Waals surface area contributed by atoms with Gasteiger partial charge < -0.3 is 36.0 Å². The van der Waals surface area contributed by atoms with Crippen molar-refractivity contribution in [2.75, 3.05) is 26.3 Å². The minimum atomic E-state index is -1.28. The third-order valence-corrected chi connectivity index (χ3v) is 6.64. The number of nitrogens with zero attached hydrogens (tertiary/aromatic N) is 1. The van der Waals surface area contributed by atoms with Crippen LogP contribution < -0.4 is 26.0 Å². The maximum absolute atomic E-state index is 13.2. The first-order valence-electron chi connectivity index (χ1n) is 13.2. The molecule has 12 heteroatoms. The molecule has 0 aromatic heterocycles. The number of carbonyl (C=O) groups excluding carboxylic acids is 5. The number of benzene rings is 2. The topological polar surface area (TPSA) is 166 Å². The quantitative estimate of drug-likeness (QED) is 0.326. The first-order valence-corrected chi connectivity index (χ1v) is 13.2. The second kappa shape index (κ2) is 13.6. The lowest BCUT2D eigenvalue weighted by atomic mass is 10.1. The van der Waals surface area contributed by atoms with Crippen LogP contribution in [0.3, 0.4) is 0 Å². The van der Waals surface area contributed by atoms with Gasteiger partial charge in [0.2, 0.25) is 23.6 Å². The Morgan fingerprint density at radius 3 is 2.62 bits per heavy atom. The average Bonchev–Trinajstić information content (AvgIpc) is 3.35. The molecular weight excluding hydrogens is 518 g/mol. The van der Waals surface area contributed by atoms with Crippen molar-refractivity contribution < 1.29 is 33.8 Å². The Kier molecular flexibility index (Phi) is 9.68. The number of para-hydroxylation sites is 1. The Morgan fingerprint density at radius 2 is 1.85 bits per heavy atom. The van der Waals surface area contributed by atoms with Crippen molar-refractivity contribution in [2.24, 2.45) is 0 Å². The van der Waals surface area contributed by atoms with Gasteiger partial charge in [-0.25, -0.2) is 0 Å². The predicted octanol–water partition coefficient (Wildman–Crippen LogP) is -0.400. The average molecular weight is 552 g/mol. The van der Waals surface area contributed by atoms with Crippen molar-refractivity contribution in [2.45, 2.75) is 44.4 Å². The third-order valence-electron chi connectivity index (χ3n) is 6.64. The Labute approximate surface area is 231 Å². The van der Waals surface area contributed by atoms with E-state index < -0.39 is 48.7 Å².